The second-order valence-corrected chi connectivity index (χ2v) is 10.6. The Morgan fingerprint density at radius 1 is 1.02 bits per heavy atom. The number of anilines is 3. The number of amides is 1. The summed E-state index contributed by atoms with van der Waals surface area (Å²) in [5, 5.41) is 13.9. The lowest BCUT2D eigenvalue weighted by Gasteiger charge is -2.18. The molecule has 220 valence electrons. The van der Waals surface area contributed by atoms with Crippen LogP contribution in [0.4, 0.5) is 22.1 Å². The highest BCUT2D eigenvalue weighted by atomic mass is 35.5. The van der Waals surface area contributed by atoms with Gasteiger partial charge in [-0.2, -0.15) is 9.78 Å². The number of hydrogen-bond donors (Lipinski definition) is 2. The first-order valence-corrected chi connectivity index (χ1v) is 13.3. The summed E-state index contributed by atoms with van der Waals surface area (Å²) in [6.45, 7) is 5.27. The third-order valence-electron chi connectivity index (χ3n) is 5.72. The monoisotopic (exact) mass is 603 g/mol. The van der Waals surface area contributed by atoms with Crippen LogP contribution in [0.25, 0.3) is 0 Å². The van der Waals surface area contributed by atoms with Crippen molar-refractivity contribution in [1.29, 1.82) is 0 Å². The van der Waals surface area contributed by atoms with Gasteiger partial charge in [-0.1, -0.05) is 23.7 Å². The predicted molar refractivity (Wildman–Crippen MR) is 157 cm³/mol. The first-order chi connectivity index (χ1) is 20.5. The number of aromatic nitrogens is 5. The lowest BCUT2D eigenvalue weighted by molar-refractivity contribution is 0.0514. The van der Waals surface area contributed by atoms with E-state index >= 15 is 0 Å². The maximum Gasteiger partial charge on any atom is 0.435 e. The molecule has 13 nitrogen and oxygen atoms in total. The zero-order valence-corrected chi connectivity index (χ0v) is 24.0. The number of hydrogen-bond acceptors (Lipinski definition) is 10. The number of carbonyl (C=O) groups excluding carboxylic acids is 2. The Balaban J connectivity index is 1.38. The number of carbonyl (C=O) groups is 2. The Labute approximate surface area is 250 Å². The van der Waals surface area contributed by atoms with Crippen molar-refractivity contribution in [3.8, 4) is 11.6 Å². The van der Waals surface area contributed by atoms with Crippen molar-refractivity contribution in [2.24, 2.45) is 0 Å². The van der Waals surface area contributed by atoms with Crippen molar-refractivity contribution in [3.63, 3.8) is 0 Å². The van der Waals surface area contributed by atoms with Gasteiger partial charge in [0.1, 0.15) is 23.3 Å². The molecule has 43 heavy (non-hydrogen) atoms. The minimum atomic E-state index is -0.744. The van der Waals surface area contributed by atoms with Crippen LogP contribution < -0.4 is 20.9 Å². The van der Waals surface area contributed by atoms with Gasteiger partial charge in [0.15, 0.2) is 0 Å². The zero-order chi connectivity index (χ0) is 30.6. The summed E-state index contributed by atoms with van der Waals surface area (Å²) in [6.07, 6.45) is 4.33. The van der Waals surface area contributed by atoms with Gasteiger partial charge in [0.05, 0.1) is 30.7 Å². The highest BCUT2D eigenvalue weighted by Gasteiger charge is 2.21. The molecule has 2 N–H and O–H groups in total. The molecule has 0 unspecified atom stereocenters. The van der Waals surface area contributed by atoms with Crippen molar-refractivity contribution in [2.45, 2.75) is 32.9 Å². The summed E-state index contributed by atoms with van der Waals surface area (Å²) < 4.78 is 17.9. The lowest BCUT2D eigenvalue weighted by atomic mass is 10.2. The van der Waals surface area contributed by atoms with E-state index in [0.29, 0.717) is 22.3 Å². The fourth-order valence-electron chi connectivity index (χ4n) is 3.75. The van der Waals surface area contributed by atoms with Gasteiger partial charge in [0.25, 0.3) is 17.3 Å². The summed E-state index contributed by atoms with van der Waals surface area (Å²) in [5.74, 6) is 0.407. The van der Waals surface area contributed by atoms with Crippen LogP contribution in [0.3, 0.4) is 0 Å². The maximum absolute atomic E-state index is 13.6. The van der Waals surface area contributed by atoms with Crippen LogP contribution in [-0.4, -0.2) is 42.1 Å². The van der Waals surface area contributed by atoms with E-state index in [2.05, 4.69) is 25.9 Å². The molecule has 0 bridgehead atoms. The smallest absolute Gasteiger partial charge is 0.435 e. The minimum Gasteiger partial charge on any atom is -0.442 e. The van der Waals surface area contributed by atoms with E-state index in [9.17, 15) is 14.4 Å². The van der Waals surface area contributed by atoms with Gasteiger partial charge in [0, 0.05) is 16.8 Å². The van der Waals surface area contributed by atoms with Gasteiger partial charge in [-0.25, -0.2) is 9.78 Å². The van der Waals surface area contributed by atoms with E-state index < -0.39 is 23.2 Å². The highest BCUT2D eigenvalue weighted by Crippen LogP contribution is 2.23. The molecule has 0 aliphatic carbocycles. The number of nitrogens with zero attached hydrogens (tertiary/aromatic N) is 5. The Hall–Kier alpha value is -5.43. The fraction of sp³-hybridized carbons (Fsp3) is 0.172. The average Bonchev–Trinajstić information content (AvgIpc) is 3.66. The Kier molecular flexibility index (Phi) is 8.25. The van der Waals surface area contributed by atoms with E-state index in [1.807, 2.05) is 0 Å². The SMILES string of the molecule is CC(C)(C)OC(=O)n1cc(C(=O)Nc2cnc(Nc3ccc(Oc4ccon4)cc3)n(Cc3ccc(Cl)cc3)c2=O)cn1. The molecule has 2 aromatic carbocycles. The normalized spacial score (nSPS) is 11.2. The minimum absolute atomic E-state index is 0.0460. The van der Waals surface area contributed by atoms with Gasteiger partial charge >= 0.3 is 6.09 Å². The molecule has 0 atom stereocenters. The second kappa shape index (κ2) is 12.2. The van der Waals surface area contributed by atoms with Gasteiger partial charge in [-0.15, -0.1) is 0 Å². The largest absolute Gasteiger partial charge is 0.442 e. The standard InChI is InChI=1S/C29H26ClN7O6/c1-29(2,3)43-28(40)37-17-19(14-32-37)25(38)34-23-15-31-27(36(26(23)39)16-18-4-6-20(30)7-5-18)33-21-8-10-22(11-9-21)42-24-12-13-41-35-24/h4-15,17H,16H2,1-3H3,(H,31,33)(H,34,38). The number of nitrogens with one attached hydrogen (secondary N) is 2. The first-order valence-electron chi connectivity index (χ1n) is 12.9. The molecule has 3 heterocycles. The third-order valence-corrected chi connectivity index (χ3v) is 5.97. The van der Waals surface area contributed by atoms with Crippen LogP contribution in [-0.2, 0) is 11.3 Å². The third kappa shape index (κ3) is 7.45. The topological polar surface area (TPSA) is 155 Å². The van der Waals surface area contributed by atoms with Crippen LogP contribution in [0.2, 0.25) is 5.02 Å². The molecule has 0 saturated carbocycles. The van der Waals surface area contributed by atoms with E-state index in [1.54, 1.807) is 75.4 Å². The first kappa shape index (κ1) is 29.1. The molecular formula is C29H26ClN7O6. The number of ether oxygens (including phenoxy) is 2. The Morgan fingerprint density at radius 3 is 2.44 bits per heavy atom. The molecule has 0 saturated heterocycles. The van der Waals surface area contributed by atoms with Gasteiger partial charge in [0.2, 0.25) is 5.95 Å². The fourth-order valence-corrected chi connectivity index (χ4v) is 3.88. The van der Waals surface area contributed by atoms with Gasteiger partial charge in [-0.3, -0.25) is 14.2 Å². The van der Waals surface area contributed by atoms with Crippen molar-refractivity contribution in [1.82, 2.24) is 24.5 Å². The van der Waals surface area contributed by atoms with Gasteiger partial charge < -0.3 is 24.6 Å². The van der Waals surface area contributed by atoms with Crippen LogP contribution in [0.1, 0.15) is 36.7 Å². The van der Waals surface area contributed by atoms with Gasteiger partial charge in [-0.05, 0) is 67.9 Å². The average molecular weight is 604 g/mol. The molecule has 0 aliphatic heterocycles. The van der Waals surface area contributed by atoms with E-state index in [1.165, 1.54) is 29.4 Å². The molecule has 5 aromatic rings. The molecule has 0 radical (unpaired) electrons. The second-order valence-electron chi connectivity index (χ2n) is 10.2. The van der Waals surface area contributed by atoms with Crippen LogP contribution >= 0.6 is 11.6 Å². The molecule has 0 spiro atoms. The van der Waals surface area contributed by atoms with E-state index in [4.69, 9.17) is 25.6 Å². The van der Waals surface area contributed by atoms with Crippen molar-refractivity contribution in [3.05, 3.63) is 106 Å². The van der Waals surface area contributed by atoms with Crippen molar-refractivity contribution in [2.75, 3.05) is 10.6 Å². The highest BCUT2D eigenvalue weighted by molar-refractivity contribution is 6.30. The van der Waals surface area contributed by atoms with Crippen LogP contribution in [0, 0.1) is 0 Å². The van der Waals surface area contributed by atoms with E-state index in [-0.39, 0.29) is 23.7 Å². The molecule has 1 amide bonds. The predicted octanol–water partition coefficient (Wildman–Crippen LogP) is 5.70. The van der Waals surface area contributed by atoms with Crippen LogP contribution in [0.5, 0.6) is 11.6 Å². The number of benzene rings is 2. The molecular weight excluding hydrogens is 578 g/mol. The van der Waals surface area contributed by atoms with Crippen molar-refractivity contribution < 1.29 is 23.6 Å². The zero-order valence-electron chi connectivity index (χ0n) is 23.3. The van der Waals surface area contributed by atoms with Crippen molar-refractivity contribution >= 4 is 40.9 Å². The van der Waals surface area contributed by atoms with E-state index in [0.717, 1.165) is 10.2 Å². The molecule has 3 aromatic heterocycles. The summed E-state index contributed by atoms with van der Waals surface area (Å²) in [6, 6.07) is 15.5. The molecule has 0 fully saturated rings. The Morgan fingerprint density at radius 2 is 1.77 bits per heavy atom. The quantitative estimate of drug-likeness (QED) is 0.225. The Bertz CT molecular complexity index is 1790. The number of rotatable bonds is 8. The maximum atomic E-state index is 13.6. The van der Waals surface area contributed by atoms with Crippen LogP contribution in [0.15, 0.2) is 88.8 Å². The molecule has 5 rings (SSSR count). The summed E-state index contributed by atoms with van der Waals surface area (Å²) in [4.78, 5) is 43.3. The molecule has 14 heteroatoms. The molecule has 0 aliphatic rings. The summed E-state index contributed by atoms with van der Waals surface area (Å²) >= 11 is 6.04. The lowest BCUT2D eigenvalue weighted by Crippen LogP contribution is -2.29. The number of halogens is 1. The summed E-state index contributed by atoms with van der Waals surface area (Å²) in [7, 11) is 0. The summed E-state index contributed by atoms with van der Waals surface area (Å²) in [5.41, 5.74) is 0.0997.